The van der Waals surface area contributed by atoms with Gasteiger partial charge in [-0.3, -0.25) is 14.9 Å². The van der Waals surface area contributed by atoms with E-state index >= 15 is 0 Å². The Kier molecular flexibility index (Phi) is 3.62. The number of aliphatic hydroxyl groups excluding tert-OH is 3. The van der Waals surface area contributed by atoms with E-state index in [9.17, 15) is 15.3 Å². The van der Waals surface area contributed by atoms with Crippen LogP contribution in [0.15, 0.2) is 30.6 Å². The molecule has 0 saturated carbocycles. The van der Waals surface area contributed by atoms with Crippen LogP contribution in [0.4, 0.5) is 0 Å². The monoisotopic (exact) mass is 275 g/mol. The second-order valence-electron chi connectivity index (χ2n) is 5.08. The fourth-order valence-corrected chi connectivity index (χ4v) is 2.76. The number of aromatic nitrogens is 2. The van der Waals surface area contributed by atoms with Gasteiger partial charge in [0.1, 0.15) is 0 Å². The van der Waals surface area contributed by atoms with E-state index in [1.54, 1.807) is 12.4 Å². The Balaban J connectivity index is 1.90. The number of hydrogen-bond donors (Lipinski definition) is 3. The molecule has 0 unspecified atom stereocenters. The first-order valence-electron chi connectivity index (χ1n) is 6.60. The van der Waals surface area contributed by atoms with Gasteiger partial charge in [-0.1, -0.05) is 12.1 Å². The topological polar surface area (TPSA) is 89.7 Å². The molecule has 3 N–H and O–H groups in total. The third kappa shape index (κ3) is 2.27. The van der Waals surface area contributed by atoms with Crippen LogP contribution in [-0.2, 0) is 6.54 Å². The standard InChI is InChI=1S/C14H17N3O3/c18-8-11-14(20)12(19)7-17(11)6-9-2-1-3-10-13(9)16-5-4-15-10/h1-5,11-12,14,18-20H,6-8H2/t11-,12+,14-/m1/s1. The molecule has 2 heterocycles. The zero-order valence-electron chi connectivity index (χ0n) is 10.9. The van der Waals surface area contributed by atoms with Crippen LogP contribution < -0.4 is 0 Å². The highest BCUT2D eigenvalue weighted by Gasteiger charge is 2.39. The number of hydrogen-bond acceptors (Lipinski definition) is 6. The molecular formula is C14H17N3O3. The fraction of sp³-hybridized carbons (Fsp3) is 0.429. The van der Waals surface area contributed by atoms with E-state index in [-0.39, 0.29) is 6.61 Å². The molecule has 0 radical (unpaired) electrons. The highest BCUT2D eigenvalue weighted by atomic mass is 16.3. The zero-order valence-corrected chi connectivity index (χ0v) is 10.9. The van der Waals surface area contributed by atoms with E-state index in [1.807, 2.05) is 23.1 Å². The molecule has 1 aliphatic heterocycles. The van der Waals surface area contributed by atoms with Gasteiger partial charge in [0.25, 0.3) is 0 Å². The van der Waals surface area contributed by atoms with E-state index in [0.717, 1.165) is 16.6 Å². The minimum absolute atomic E-state index is 0.186. The largest absolute Gasteiger partial charge is 0.395 e. The van der Waals surface area contributed by atoms with Crippen molar-refractivity contribution >= 4 is 11.0 Å². The average Bonchev–Trinajstić information content (AvgIpc) is 2.74. The van der Waals surface area contributed by atoms with Gasteiger partial charge in [-0.25, -0.2) is 0 Å². The summed E-state index contributed by atoms with van der Waals surface area (Å²) in [4.78, 5) is 10.5. The van der Waals surface area contributed by atoms with Gasteiger partial charge in [0.15, 0.2) is 0 Å². The number of β-amino-alcohol motifs (C(OH)–C–C–N with tert-alkyl or cyclic N) is 1. The molecule has 0 spiro atoms. The third-order valence-electron chi connectivity index (χ3n) is 3.82. The summed E-state index contributed by atoms with van der Waals surface area (Å²) in [6, 6.07) is 5.30. The van der Waals surface area contributed by atoms with E-state index in [0.29, 0.717) is 13.1 Å². The van der Waals surface area contributed by atoms with Gasteiger partial charge in [-0.05, 0) is 11.6 Å². The molecule has 1 aliphatic rings. The first kappa shape index (κ1) is 13.4. The molecule has 20 heavy (non-hydrogen) atoms. The summed E-state index contributed by atoms with van der Waals surface area (Å²) in [6.45, 7) is 0.660. The normalized spacial score (nSPS) is 27.2. The molecule has 106 valence electrons. The first-order valence-corrected chi connectivity index (χ1v) is 6.60. The van der Waals surface area contributed by atoms with Crippen LogP contribution in [0, 0.1) is 0 Å². The second kappa shape index (κ2) is 5.41. The summed E-state index contributed by atoms with van der Waals surface area (Å²) in [5.41, 5.74) is 2.59. The van der Waals surface area contributed by atoms with Gasteiger partial charge >= 0.3 is 0 Å². The molecule has 1 fully saturated rings. The predicted octanol–water partition coefficient (Wildman–Crippen LogP) is -0.472. The van der Waals surface area contributed by atoms with Crippen LogP contribution in [0.5, 0.6) is 0 Å². The highest BCUT2D eigenvalue weighted by molar-refractivity contribution is 5.77. The van der Waals surface area contributed by atoms with Crippen LogP contribution in [0.1, 0.15) is 5.56 Å². The number of aliphatic hydroxyl groups is 3. The summed E-state index contributed by atoms with van der Waals surface area (Å²) in [7, 11) is 0. The lowest BCUT2D eigenvalue weighted by atomic mass is 10.1. The van der Waals surface area contributed by atoms with Gasteiger partial charge in [0, 0.05) is 25.5 Å². The molecule has 3 rings (SSSR count). The van der Waals surface area contributed by atoms with Gasteiger partial charge < -0.3 is 15.3 Å². The number of fused-ring (bicyclic) bond motifs is 1. The number of nitrogens with zero attached hydrogens (tertiary/aromatic N) is 3. The van der Waals surface area contributed by atoms with Gasteiger partial charge in [-0.2, -0.15) is 0 Å². The Morgan fingerprint density at radius 2 is 2.00 bits per heavy atom. The summed E-state index contributed by atoms with van der Waals surface area (Å²) < 4.78 is 0. The van der Waals surface area contributed by atoms with Crippen LogP contribution in [0.2, 0.25) is 0 Å². The molecule has 6 nitrogen and oxygen atoms in total. The maximum absolute atomic E-state index is 9.84. The molecule has 0 aliphatic carbocycles. The maximum Gasteiger partial charge on any atom is 0.0988 e. The quantitative estimate of drug-likeness (QED) is 0.701. The molecule has 0 amide bonds. The van der Waals surface area contributed by atoms with Crippen molar-refractivity contribution in [3.8, 4) is 0 Å². The zero-order chi connectivity index (χ0) is 14.1. The number of benzene rings is 1. The molecule has 2 aromatic rings. The minimum atomic E-state index is -0.916. The Morgan fingerprint density at radius 3 is 2.80 bits per heavy atom. The fourth-order valence-electron chi connectivity index (χ4n) is 2.76. The lowest BCUT2D eigenvalue weighted by Gasteiger charge is -2.24. The smallest absolute Gasteiger partial charge is 0.0988 e. The molecule has 1 aromatic heterocycles. The van der Waals surface area contributed by atoms with Crippen LogP contribution >= 0.6 is 0 Å². The number of likely N-dealkylation sites (tertiary alicyclic amines) is 1. The minimum Gasteiger partial charge on any atom is -0.395 e. The van der Waals surface area contributed by atoms with Crippen molar-refractivity contribution in [2.75, 3.05) is 13.2 Å². The van der Waals surface area contributed by atoms with Crippen molar-refractivity contribution in [2.45, 2.75) is 24.8 Å². The molecule has 0 bridgehead atoms. The van der Waals surface area contributed by atoms with Crippen molar-refractivity contribution in [3.63, 3.8) is 0 Å². The van der Waals surface area contributed by atoms with Crippen molar-refractivity contribution in [3.05, 3.63) is 36.2 Å². The molecule has 1 aromatic carbocycles. The Hall–Kier alpha value is -1.60. The molecule has 6 heteroatoms. The summed E-state index contributed by atoms with van der Waals surface area (Å²) in [5.74, 6) is 0. The summed E-state index contributed by atoms with van der Waals surface area (Å²) in [5, 5.41) is 28.9. The van der Waals surface area contributed by atoms with Crippen LogP contribution in [0.25, 0.3) is 11.0 Å². The first-order chi connectivity index (χ1) is 9.70. The van der Waals surface area contributed by atoms with Crippen LogP contribution in [-0.4, -0.2) is 61.6 Å². The molecule has 1 saturated heterocycles. The summed E-state index contributed by atoms with van der Waals surface area (Å²) in [6.07, 6.45) is 1.55. The van der Waals surface area contributed by atoms with E-state index in [2.05, 4.69) is 9.97 Å². The van der Waals surface area contributed by atoms with Crippen molar-refractivity contribution in [2.24, 2.45) is 0 Å². The van der Waals surface area contributed by atoms with Crippen molar-refractivity contribution in [1.29, 1.82) is 0 Å². The molecule has 3 atom stereocenters. The predicted molar refractivity (Wildman–Crippen MR) is 72.8 cm³/mol. The van der Waals surface area contributed by atoms with E-state index < -0.39 is 18.2 Å². The van der Waals surface area contributed by atoms with E-state index in [4.69, 9.17) is 0 Å². The van der Waals surface area contributed by atoms with Crippen molar-refractivity contribution < 1.29 is 15.3 Å². The highest BCUT2D eigenvalue weighted by Crippen LogP contribution is 2.23. The third-order valence-corrected chi connectivity index (χ3v) is 3.82. The maximum atomic E-state index is 9.84. The van der Waals surface area contributed by atoms with Crippen LogP contribution in [0.3, 0.4) is 0 Å². The lowest BCUT2D eigenvalue weighted by molar-refractivity contribution is 0.0210. The van der Waals surface area contributed by atoms with Gasteiger partial charge in [-0.15, -0.1) is 0 Å². The average molecular weight is 275 g/mol. The Morgan fingerprint density at radius 1 is 1.20 bits per heavy atom. The van der Waals surface area contributed by atoms with Gasteiger partial charge in [0.2, 0.25) is 0 Å². The number of para-hydroxylation sites is 1. The Bertz CT molecular complexity index is 602. The van der Waals surface area contributed by atoms with Gasteiger partial charge in [0.05, 0.1) is 35.9 Å². The van der Waals surface area contributed by atoms with E-state index in [1.165, 1.54) is 0 Å². The number of rotatable bonds is 3. The lowest BCUT2D eigenvalue weighted by Crippen LogP contribution is -2.38. The van der Waals surface area contributed by atoms with Crippen molar-refractivity contribution in [1.82, 2.24) is 14.9 Å². The molecular weight excluding hydrogens is 258 g/mol. The Labute approximate surface area is 116 Å². The second-order valence-corrected chi connectivity index (χ2v) is 5.08. The SMILES string of the molecule is OC[C@@H]1[C@@H](O)[C@@H](O)CN1Cc1cccc2nccnc12. The summed E-state index contributed by atoms with van der Waals surface area (Å²) >= 11 is 0.